The molecule has 0 aliphatic rings. The second-order valence-electron chi connectivity index (χ2n) is 3.65. The Bertz CT molecular complexity index is 612. The van der Waals surface area contributed by atoms with Gasteiger partial charge in [-0.1, -0.05) is 29.3 Å². The van der Waals surface area contributed by atoms with Crippen LogP contribution < -0.4 is 5.32 Å². The quantitative estimate of drug-likeness (QED) is 0.852. The van der Waals surface area contributed by atoms with Gasteiger partial charge in [-0.15, -0.1) is 11.3 Å². The van der Waals surface area contributed by atoms with Gasteiger partial charge in [-0.3, -0.25) is 4.79 Å². The number of amides is 1. The van der Waals surface area contributed by atoms with Gasteiger partial charge < -0.3 is 5.32 Å². The Labute approximate surface area is 117 Å². The highest BCUT2D eigenvalue weighted by atomic mass is 35.5. The molecule has 0 aliphatic carbocycles. The number of aryl methyl sites for hydroxylation is 1. The number of carbonyl (C=O) groups is 1. The van der Waals surface area contributed by atoms with E-state index >= 15 is 0 Å². The van der Waals surface area contributed by atoms with Gasteiger partial charge in [-0.25, -0.2) is 4.39 Å². The normalized spacial score (nSPS) is 10.4. The van der Waals surface area contributed by atoms with Gasteiger partial charge in [0.1, 0.15) is 10.2 Å². The summed E-state index contributed by atoms with van der Waals surface area (Å²) in [6, 6.07) is 5.67. The Balaban J connectivity index is 2.26. The molecule has 0 saturated carbocycles. The summed E-state index contributed by atoms with van der Waals surface area (Å²) < 4.78 is 13.8. The van der Waals surface area contributed by atoms with E-state index in [4.69, 9.17) is 23.2 Å². The van der Waals surface area contributed by atoms with Crippen molar-refractivity contribution in [2.24, 2.45) is 0 Å². The van der Waals surface area contributed by atoms with Gasteiger partial charge in [0.2, 0.25) is 0 Å². The first-order chi connectivity index (χ1) is 8.47. The number of anilines is 1. The summed E-state index contributed by atoms with van der Waals surface area (Å²) in [6.07, 6.45) is 0. The zero-order valence-electron chi connectivity index (χ0n) is 9.26. The number of benzene rings is 1. The minimum absolute atomic E-state index is 0.287. The van der Waals surface area contributed by atoms with Crippen molar-refractivity contribution in [3.05, 3.63) is 49.9 Å². The summed E-state index contributed by atoms with van der Waals surface area (Å²) in [7, 11) is 0. The van der Waals surface area contributed by atoms with Crippen LogP contribution in [0.15, 0.2) is 24.3 Å². The van der Waals surface area contributed by atoms with Crippen LogP contribution in [0.3, 0.4) is 0 Å². The van der Waals surface area contributed by atoms with Crippen molar-refractivity contribution in [2.75, 3.05) is 5.32 Å². The molecule has 0 fully saturated rings. The molecular formula is C12H8Cl2FNOS. The molecule has 18 heavy (non-hydrogen) atoms. The van der Waals surface area contributed by atoms with E-state index in [0.717, 1.165) is 16.9 Å². The average Bonchev–Trinajstić information content (AvgIpc) is 2.63. The lowest BCUT2D eigenvalue weighted by Crippen LogP contribution is -2.12. The van der Waals surface area contributed by atoms with Crippen LogP contribution in [0.4, 0.5) is 10.1 Å². The molecule has 1 amide bonds. The van der Waals surface area contributed by atoms with Crippen LogP contribution in [-0.4, -0.2) is 5.91 Å². The third-order valence-corrected chi connectivity index (χ3v) is 3.84. The molecule has 0 unspecified atom stereocenters. The van der Waals surface area contributed by atoms with Crippen molar-refractivity contribution < 1.29 is 9.18 Å². The first-order valence-corrected chi connectivity index (χ1v) is 6.57. The zero-order chi connectivity index (χ0) is 13.3. The maximum atomic E-state index is 13.1. The van der Waals surface area contributed by atoms with Gasteiger partial charge in [0, 0.05) is 5.69 Å². The molecule has 1 heterocycles. The third-order valence-electron chi connectivity index (χ3n) is 2.35. The van der Waals surface area contributed by atoms with E-state index < -0.39 is 11.7 Å². The number of rotatable bonds is 2. The molecule has 2 aromatic rings. The van der Waals surface area contributed by atoms with Crippen LogP contribution in [0.25, 0.3) is 0 Å². The predicted molar refractivity (Wildman–Crippen MR) is 73.4 cm³/mol. The summed E-state index contributed by atoms with van der Waals surface area (Å²) in [5.41, 5.74) is 1.47. The molecular weight excluding hydrogens is 296 g/mol. The smallest absolute Gasteiger partial charge is 0.258 e. The number of hydrogen-bond acceptors (Lipinski definition) is 2. The Morgan fingerprint density at radius 2 is 2.06 bits per heavy atom. The summed E-state index contributed by atoms with van der Waals surface area (Å²) in [4.78, 5) is 11.9. The summed E-state index contributed by atoms with van der Waals surface area (Å²) in [5, 5.41) is 2.61. The predicted octanol–water partition coefficient (Wildman–Crippen LogP) is 4.75. The molecule has 0 aliphatic heterocycles. The zero-order valence-corrected chi connectivity index (χ0v) is 11.6. The lowest BCUT2D eigenvalue weighted by molar-refractivity contribution is 0.102. The highest BCUT2D eigenvalue weighted by Gasteiger charge is 2.15. The minimum atomic E-state index is -0.412. The van der Waals surface area contributed by atoms with Crippen molar-refractivity contribution >= 4 is 46.1 Å². The van der Waals surface area contributed by atoms with Crippen LogP contribution in [0, 0.1) is 12.7 Å². The SMILES string of the molecule is Cc1ccc(F)cc1NC(=O)c1cc(Cl)sc1Cl. The van der Waals surface area contributed by atoms with E-state index in [9.17, 15) is 9.18 Å². The van der Waals surface area contributed by atoms with Gasteiger partial charge in [-0.2, -0.15) is 0 Å². The Hall–Kier alpha value is -1.10. The lowest BCUT2D eigenvalue weighted by atomic mass is 10.2. The molecule has 1 aromatic heterocycles. The number of hydrogen-bond donors (Lipinski definition) is 1. The van der Waals surface area contributed by atoms with Crippen molar-refractivity contribution in [3.8, 4) is 0 Å². The molecule has 0 bridgehead atoms. The molecule has 94 valence electrons. The second-order valence-corrected chi connectivity index (χ2v) is 5.94. The van der Waals surface area contributed by atoms with E-state index in [1.165, 1.54) is 18.2 Å². The lowest BCUT2D eigenvalue weighted by Gasteiger charge is -2.07. The molecule has 0 radical (unpaired) electrons. The van der Waals surface area contributed by atoms with Crippen LogP contribution in [-0.2, 0) is 0 Å². The summed E-state index contributed by atoms with van der Waals surface area (Å²) >= 11 is 12.8. The van der Waals surface area contributed by atoms with Crippen molar-refractivity contribution in [3.63, 3.8) is 0 Å². The van der Waals surface area contributed by atoms with Gasteiger partial charge in [0.05, 0.1) is 9.90 Å². The van der Waals surface area contributed by atoms with Crippen LogP contribution in [0.1, 0.15) is 15.9 Å². The van der Waals surface area contributed by atoms with E-state index in [-0.39, 0.29) is 5.56 Å². The number of nitrogens with one attached hydrogen (secondary N) is 1. The van der Waals surface area contributed by atoms with E-state index in [1.807, 2.05) is 0 Å². The van der Waals surface area contributed by atoms with E-state index in [0.29, 0.717) is 14.4 Å². The fraction of sp³-hybridized carbons (Fsp3) is 0.0833. The fourth-order valence-corrected chi connectivity index (χ4v) is 2.87. The van der Waals surface area contributed by atoms with E-state index in [1.54, 1.807) is 13.0 Å². The van der Waals surface area contributed by atoms with Crippen LogP contribution in [0.5, 0.6) is 0 Å². The van der Waals surface area contributed by atoms with Crippen LogP contribution in [0.2, 0.25) is 8.67 Å². The van der Waals surface area contributed by atoms with Crippen LogP contribution >= 0.6 is 34.5 Å². The fourth-order valence-electron chi connectivity index (χ4n) is 1.41. The standard InChI is InChI=1S/C12H8Cl2FNOS/c1-6-2-3-7(15)4-9(6)16-12(17)8-5-10(13)18-11(8)14/h2-5H,1H3,(H,16,17). The molecule has 0 spiro atoms. The molecule has 2 nitrogen and oxygen atoms in total. The van der Waals surface area contributed by atoms with Gasteiger partial charge in [-0.05, 0) is 30.7 Å². The topological polar surface area (TPSA) is 29.1 Å². The number of halogens is 3. The van der Waals surface area contributed by atoms with Gasteiger partial charge >= 0.3 is 0 Å². The maximum absolute atomic E-state index is 13.1. The third kappa shape index (κ3) is 2.83. The first-order valence-electron chi connectivity index (χ1n) is 4.99. The van der Waals surface area contributed by atoms with Crippen molar-refractivity contribution in [1.29, 1.82) is 0 Å². The molecule has 0 saturated heterocycles. The van der Waals surface area contributed by atoms with Gasteiger partial charge in [0.15, 0.2) is 0 Å². The molecule has 1 N–H and O–H groups in total. The minimum Gasteiger partial charge on any atom is -0.322 e. The second kappa shape index (κ2) is 5.26. The highest BCUT2D eigenvalue weighted by Crippen LogP contribution is 2.31. The Morgan fingerprint density at radius 3 is 2.67 bits per heavy atom. The highest BCUT2D eigenvalue weighted by molar-refractivity contribution is 7.20. The number of thiophene rings is 1. The monoisotopic (exact) mass is 303 g/mol. The maximum Gasteiger partial charge on any atom is 0.258 e. The Kier molecular flexibility index (Phi) is 3.90. The summed E-state index contributed by atoms with van der Waals surface area (Å²) in [6.45, 7) is 1.78. The van der Waals surface area contributed by atoms with Gasteiger partial charge in [0.25, 0.3) is 5.91 Å². The average molecular weight is 304 g/mol. The molecule has 2 rings (SSSR count). The Morgan fingerprint density at radius 1 is 1.33 bits per heavy atom. The largest absolute Gasteiger partial charge is 0.322 e. The first kappa shape index (κ1) is 13.3. The van der Waals surface area contributed by atoms with Crippen molar-refractivity contribution in [2.45, 2.75) is 6.92 Å². The van der Waals surface area contributed by atoms with E-state index in [2.05, 4.69) is 5.32 Å². The molecule has 0 atom stereocenters. The summed E-state index contributed by atoms with van der Waals surface area (Å²) in [5.74, 6) is -0.817. The molecule has 1 aromatic carbocycles. The number of carbonyl (C=O) groups excluding carboxylic acids is 1. The van der Waals surface area contributed by atoms with Crippen molar-refractivity contribution in [1.82, 2.24) is 0 Å². The molecule has 6 heteroatoms.